The monoisotopic (exact) mass is 543 g/mol. The topological polar surface area (TPSA) is 126 Å². The number of alkyl carbamates (subject to hydrolysis) is 1. The van der Waals surface area contributed by atoms with E-state index in [2.05, 4.69) is 16.0 Å². The third-order valence-electron chi connectivity index (χ3n) is 6.55. The number of benzene rings is 3. The van der Waals surface area contributed by atoms with E-state index < -0.39 is 35.6 Å². The van der Waals surface area contributed by atoms with Crippen molar-refractivity contribution in [3.05, 3.63) is 108 Å². The number of hydrogen-bond acceptors (Lipinski definition) is 6. The number of carbonyl (C=O) groups excluding carboxylic acids is 4. The average Bonchev–Trinajstić information content (AvgIpc) is 3.73. The summed E-state index contributed by atoms with van der Waals surface area (Å²) in [5, 5.41) is 7.94. The fraction of sp³-hybridized carbons (Fsp3) is 0.290. The van der Waals surface area contributed by atoms with Crippen LogP contribution in [0.5, 0.6) is 0 Å². The van der Waals surface area contributed by atoms with E-state index >= 15 is 0 Å². The molecule has 1 aliphatic heterocycles. The second-order valence-electron chi connectivity index (χ2n) is 9.86. The Morgan fingerprint density at radius 2 is 1.27 bits per heavy atom. The van der Waals surface area contributed by atoms with Crippen molar-refractivity contribution in [2.45, 2.75) is 44.1 Å². The summed E-state index contributed by atoms with van der Waals surface area (Å²) in [7, 11) is 0. The second kappa shape index (κ2) is 13.5. The molecule has 3 aromatic rings. The molecule has 0 unspecified atom stereocenters. The molecular formula is C31H33N3O6. The summed E-state index contributed by atoms with van der Waals surface area (Å²) >= 11 is 0. The Hall–Kier alpha value is -4.50. The summed E-state index contributed by atoms with van der Waals surface area (Å²) in [5.41, 5.74) is 1.58. The molecule has 40 heavy (non-hydrogen) atoms. The maximum absolute atomic E-state index is 13.5. The zero-order chi connectivity index (χ0) is 28.4. The highest BCUT2D eigenvalue weighted by Crippen LogP contribution is 2.29. The quantitative estimate of drug-likeness (QED) is 0.285. The number of epoxide rings is 1. The van der Waals surface area contributed by atoms with Gasteiger partial charge in [0.2, 0.25) is 11.8 Å². The third-order valence-corrected chi connectivity index (χ3v) is 6.55. The summed E-state index contributed by atoms with van der Waals surface area (Å²) < 4.78 is 10.5. The molecule has 3 atom stereocenters. The molecule has 9 heteroatoms. The van der Waals surface area contributed by atoms with Gasteiger partial charge in [-0.25, -0.2) is 4.79 Å². The van der Waals surface area contributed by atoms with Gasteiger partial charge in [0.1, 0.15) is 24.8 Å². The predicted octanol–water partition coefficient (Wildman–Crippen LogP) is 2.73. The normalized spacial score (nSPS) is 17.1. The van der Waals surface area contributed by atoms with E-state index in [1.54, 1.807) is 6.92 Å². The number of ether oxygens (including phenoxy) is 2. The summed E-state index contributed by atoms with van der Waals surface area (Å²) in [4.78, 5) is 51.6. The van der Waals surface area contributed by atoms with Crippen LogP contribution in [0.3, 0.4) is 0 Å². The van der Waals surface area contributed by atoms with Crippen molar-refractivity contribution in [3.8, 4) is 0 Å². The molecule has 3 N–H and O–H groups in total. The van der Waals surface area contributed by atoms with Crippen molar-refractivity contribution in [1.29, 1.82) is 0 Å². The molecule has 0 aliphatic carbocycles. The lowest BCUT2D eigenvalue weighted by molar-refractivity contribution is -0.132. The number of hydrogen-bond donors (Lipinski definition) is 3. The Bertz CT molecular complexity index is 1300. The summed E-state index contributed by atoms with van der Waals surface area (Å²) in [5.74, 6) is -1.31. The number of carbonyl (C=O) groups is 4. The van der Waals surface area contributed by atoms with E-state index in [4.69, 9.17) is 9.47 Å². The van der Waals surface area contributed by atoms with Gasteiger partial charge < -0.3 is 25.4 Å². The van der Waals surface area contributed by atoms with Crippen molar-refractivity contribution in [1.82, 2.24) is 16.0 Å². The minimum Gasteiger partial charge on any atom is -0.445 e. The van der Waals surface area contributed by atoms with Crippen molar-refractivity contribution in [3.63, 3.8) is 0 Å². The van der Waals surface area contributed by atoms with Gasteiger partial charge in [-0.2, -0.15) is 0 Å². The standard InChI is InChI=1S/C31H33N3O6/c1-31(21-40-31)28(36)25(17-22-11-5-2-6-12-22)34-29(37)26(18-23-13-7-3-8-14-23)33-27(35)19-32-30(38)39-20-24-15-9-4-10-16-24/h2-16,25-26H,17-21H2,1H3,(H,32,38)(H,33,35)(H,34,37)/t25-,26-,31+/m0/s1. The molecule has 1 saturated heterocycles. The first-order valence-electron chi connectivity index (χ1n) is 13.1. The van der Waals surface area contributed by atoms with Gasteiger partial charge in [0.15, 0.2) is 5.78 Å². The van der Waals surface area contributed by atoms with Crippen molar-refractivity contribution >= 4 is 23.7 Å². The zero-order valence-electron chi connectivity index (χ0n) is 22.3. The molecule has 1 fully saturated rings. The molecule has 9 nitrogen and oxygen atoms in total. The Balaban J connectivity index is 1.39. The van der Waals surface area contributed by atoms with E-state index in [1.165, 1.54) is 0 Å². The summed E-state index contributed by atoms with van der Waals surface area (Å²) in [6.07, 6.45) is -0.281. The predicted molar refractivity (Wildman–Crippen MR) is 148 cm³/mol. The van der Waals surface area contributed by atoms with Gasteiger partial charge in [0.25, 0.3) is 0 Å². The maximum atomic E-state index is 13.5. The lowest BCUT2D eigenvalue weighted by Gasteiger charge is -2.24. The molecule has 0 spiro atoms. The minimum absolute atomic E-state index is 0.0623. The Morgan fingerprint density at radius 1 is 0.775 bits per heavy atom. The van der Waals surface area contributed by atoms with Gasteiger partial charge in [-0.3, -0.25) is 14.4 Å². The number of amides is 3. The Morgan fingerprint density at radius 3 is 1.80 bits per heavy atom. The van der Waals surface area contributed by atoms with Crippen LogP contribution in [0.15, 0.2) is 91.0 Å². The van der Waals surface area contributed by atoms with Crippen molar-refractivity contribution in [2.24, 2.45) is 0 Å². The molecule has 1 heterocycles. The van der Waals surface area contributed by atoms with Crippen LogP contribution in [0.25, 0.3) is 0 Å². The van der Waals surface area contributed by atoms with E-state index in [-0.39, 0.29) is 31.8 Å². The highest BCUT2D eigenvalue weighted by Gasteiger charge is 2.50. The number of ketones is 1. The number of Topliss-reactive ketones (excluding diaryl/α,β-unsaturated/α-hetero) is 1. The van der Waals surface area contributed by atoms with E-state index in [0.29, 0.717) is 6.61 Å². The van der Waals surface area contributed by atoms with Crippen LogP contribution in [0.1, 0.15) is 23.6 Å². The van der Waals surface area contributed by atoms with Crippen LogP contribution in [0, 0.1) is 0 Å². The van der Waals surface area contributed by atoms with Gasteiger partial charge in [0, 0.05) is 6.42 Å². The highest BCUT2D eigenvalue weighted by molar-refractivity contribution is 5.98. The van der Waals surface area contributed by atoms with E-state index in [0.717, 1.165) is 16.7 Å². The average molecular weight is 544 g/mol. The first-order valence-corrected chi connectivity index (χ1v) is 13.1. The van der Waals surface area contributed by atoms with Crippen LogP contribution >= 0.6 is 0 Å². The zero-order valence-corrected chi connectivity index (χ0v) is 22.3. The molecule has 0 saturated carbocycles. The number of nitrogens with one attached hydrogen (secondary N) is 3. The Labute approximate surface area is 233 Å². The summed E-state index contributed by atoms with van der Waals surface area (Å²) in [6.45, 7) is 1.67. The second-order valence-corrected chi connectivity index (χ2v) is 9.86. The van der Waals surface area contributed by atoms with Crippen molar-refractivity contribution < 1.29 is 28.7 Å². The lowest BCUT2D eigenvalue weighted by Crippen LogP contribution is -2.55. The smallest absolute Gasteiger partial charge is 0.407 e. The van der Waals surface area contributed by atoms with Crippen LogP contribution in [-0.4, -0.2) is 54.5 Å². The molecule has 208 valence electrons. The van der Waals surface area contributed by atoms with E-state index in [1.807, 2.05) is 91.0 Å². The van der Waals surface area contributed by atoms with Gasteiger partial charge >= 0.3 is 6.09 Å². The molecule has 4 rings (SSSR count). The molecule has 0 bridgehead atoms. The molecular weight excluding hydrogens is 510 g/mol. The van der Waals surface area contributed by atoms with Gasteiger partial charge in [-0.05, 0) is 30.0 Å². The van der Waals surface area contributed by atoms with E-state index in [9.17, 15) is 19.2 Å². The van der Waals surface area contributed by atoms with Crippen LogP contribution in [0.2, 0.25) is 0 Å². The Kier molecular flexibility index (Phi) is 9.64. The maximum Gasteiger partial charge on any atom is 0.407 e. The third kappa shape index (κ3) is 8.51. The fourth-order valence-corrected chi connectivity index (χ4v) is 4.18. The van der Waals surface area contributed by atoms with Crippen molar-refractivity contribution in [2.75, 3.05) is 13.2 Å². The first kappa shape index (κ1) is 28.5. The molecule has 1 aliphatic rings. The first-order chi connectivity index (χ1) is 19.3. The molecule has 3 amide bonds. The molecule has 0 aromatic heterocycles. The highest BCUT2D eigenvalue weighted by atomic mass is 16.6. The van der Waals surface area contributed by atoms with Gasteiger partial charge in [-0.15, -0.1) is 0 Å². The SMILES string of the molecule is C[C@]1(C(=O)[C@H](Cc2ccccc2)NC(=O)[C@H](Cc2ccccc2)NC(=O)CNC(=O)OCc2ccccc2)CO1. The largest absolute Gasteiger partial charge is 0.445 e. The number of rotatable bonds is 13. The van der Waals surface area contributed by atoms with Gasteiger partial charge in [-0.1, -0.05) is 91.0 Å². The van der Waals surface area contributed by atoms with Gasteiger partial charge in [0.05, 0.1) is 12.6 Å². The fourth-order valence-electron chi connectivity index (χ4n) is 4.18. The van der Waals surface area contributed by atoms with Crippen LogP contribution in [0.4, 0.5) is 4.79 Å². The summed E-state index contributed by atoms with van der Waals surface area (Å²) in [6, 6.07) is 25.9. The molecule has 0 radical (unpaired) electrons. The van der Waals surface area contributed by atoms with Crippen LogP contribution < -0.4 is 16.0 Å². The van der Waals surface area contributed by atoms with Crippen LogP contribution in [-0.2, 0) is 43.3 Å². The lowest BCUT2D eigenvalue weighted by atomic mass is 9.94. The molecule has 3 aromatic carbocycles. The minimum atomic E-state index is -0.990.